The van der Waals surface area contributed by atoms with Crippen molar-refractivity contribution in [3.63, 3.8) is 0 Å². The summed E-state index contributed by atoms with van der Waals surface area (Å²) in [5.74, 6) is 0.638. The molecule has 2 nitrogen and oxygen atoms in total. The van der Waals surface area contributed by atoms with Gasteiger partial charge in [0.1, 0.15) is 5.60 Å². The molecule has 1 aromatic heterocycles. The van der Waals surface area contributed by atoms with Crippen LogP contribution in [-0.2, 0) is 5.60 Å². The zero-order valence-corrected chi connectivity index (χ0v) is 14.7. The maximum atomic E-state index is 11.2. The van der Waals surface area contributed by atoms with E-state index in [0.717, 1.165) is 36.1 Å². The van der Waals surface area contributed by atoms with Gasteiger partial charge in [-0.15, -0.1) is 11.3 Å². The molecule has 116 valence electrons. The second-order valence-electron chi connectivity index (χ2n) is 7.84. The Labute approximate surface area is 132 Å². The van der Waals surface area contributed by atoms with Crippen LogP contribution in [0.4, 0.5) is 0 Å². The average molecular weight is 305 g/mol. The molecule has 0 bridgehead atoms. The van der Waals surface area contributed by atoms with Crippen LogP contribution in [0.5, 0.6) is 0 Å². The summed E-state index contributed by atoms with van der Waals surface area (Å²) in [6, 6.07) is 4.53. The molecule has 1 heterocycles. The average Bonchev–Trinajstić information content (AvgIpc) is 2.84. The maximum absolute atomic E-state index is 11.2. The highest BCUT2D eigenvalue weighted by atomic mass is 32.1. The topological polar surface area (TPSA) is 44.0 Å². The summed E-state index contributed by atoms with van der Waals surface area (Å²) in [4.78, 5) is 0.957. The van der Waals surface area contributed by atoms with Gasteiger partial charge in [0.05, 0.1) is 11.5 Å². The molecular formula is C18H27NOS. The number of aryl methyl sites for hydroxylation is 1. The first-order valence-electron chi connectivity index (χ1n) is 7.82. The SMILES string of the molecule is Cc1ccsc1C(C)(O)C1(C#N)CCC(C(C)(C)C)CC1. The van der Waals surface area contributed by atoms with Crippen molar-refractivity contribution < 1.29 is 5.11 Å². The first-order chi connectivity index (χ1) is 9.64. The molecular weight excluding hydrogens is 278 g/mol. The summed E-state index contributed by atoms with van der Waals surface area (Å²) >= 11 is 1.57. The van der Waals surface area contributed by atoms with E-state index in [1.165, 1.54) is 0 Å². The van der Waals surface area contributed by atoms with E-state index >= 15 is 0 Å². The number of hydrogen-bond acceptors (Lipinski definition) is 3. The summed E-state index contributed by atoms with van der Waals surface area (Å²) in [5, 5.41) is 23.1. The van der Waals surface area contributed by atoms with E-state index < -0.39 is 11.0 Å². The largest absolute Gasteiger partial charge is 0.383 e. The summed E-state index contributed by atoms with van der Waals surface area (Å²) < 4.78 is 0. The normalized spacial score (nSPS) is 29.7. The van der Waals surface area contributed by atoms with Crippen LogP contribution in [0, 0.1) is 35.0 Å². The van der Waals surface area contributed by atoms with E-state index in [9.17, 15) is 10.4 Å². The van der Waals surface area contributed by atoms with Gasteiger partial charge in [-0.25, -0.2) is 0 Å². The van der Waals surface area contributed by atoms with Gasteiger partial charge < -0.3 is 5.11 Å². The number of nitriles is 1. The van der Waals surface area contributed by atoms with Gasteiger partial charge in [0, 0.05) is 4.88 Å². The van der Waals surface area contributed by atoms with Gasteiger partial charge in [0.25, 0.3) is 0 Å². The van der Waals surface area contributed by atoms with E-state index in [2.05, 4.69) is 26.8 Å². The third kappa shape index (κ3) is 2.76. The van der Waals surface area contributed by atoms with Crippen molar-refractivity contribution in [2.45, 2.75) is 65.9 Å². The minimum Gasteiger partial charge on any atom is -0.383 e. The molecule has 0 aliphatic heterocycles. The molecule has 21 heavy (non-hydrogen) atoms. The van der Waals surface area contributed by atoms with Crippen molar-refractivity contribution in [2.75, 3.05) is 0 Å². The van der Waals surface area contributed by atoms with Gasteiger partial charge >= 0.3 is 0 Å². The molecule has 1 N–H and O–H groups in total. The van der Waals surface area contributed by atoms with Crippen molar-refractivity contribution in [1.29, 1.82) is 5.26 Å². The first-order valence-corrected chi connectivity index (χ1v) is 8.70. The molecule has 1 unspecified atom stereocenters. The molecule has 3 heteroatoms. The van der Waals surface area contributed by atoms with Crippen LogP contribution in [0.25, 0.3) is 0 Å². The Balaban J connectivity index is 2.29. The zero-order valence-electron chi connectivity index (χ0n) is 13.9. The van der Waals surface area contributed by atoms with Gasteiger partial charge in [-0.3, -0.25) is 0 Å². The molecule has 1 aliphatic rings. The highest BCUT2D eigenvalue weighted by Gasteiger charge is 2.52. The minimum atomic E-state index is -1.05. The molecule has 1 aliphatic carbocycles. The summed E-state index contributed by atoms with van der Waals surface area (Å²) in [6.07, 6.45) is 3.63. The van der Waals surface area contributed by atoms with E-state index in [0.29, 0.717) is 5.92 Å². The number of hydrogen-bond donors (Lipinski definition) is 1. The quantitative estimate of drug-likeness (QED) is 0.834. The highest BCUT2D eigenvalue weighted by molar-refractivity contribution is 7.10. The predicted molar refractivity (Wildman–Crippen MR) is 88.1 cm³/mol. The molecule has 2 rings (SSSR count). The van der Waals surface area contributed by atoms with Crippen LogP contribution in [0.1, 0.15) is 63.8 Å². The Kier molecular flexibility index (Phi) is 4.26. The molecule has 0 aromatic carbocycles. The van der Waals surface area contributed by atoms with Gasteiger partial charge in [-0.2, -0.15) is 5.26 Å². The second kappa shape index (κ2) is 5.41. The Hall–Kier alpha value is -0.850. The number of rotatable bonds is 2. The Morgan fingerprint density at radius 1 is 1.29 bits per heavy atom. The van der Waals surface area contributed by atoms with Crippen LogP contribution in [0.15, 0.2) is 11.4 Å². The summed E-state index contributed by atoms with van der Waals surface area (Å²) in [7, 11) is 0. The van der Waals surface area contributed by atoms with Crippen LogP contribution < -0.4 is 0 Å². The lowest BCUT2D eigenvalue weighted by Crippen LogP contribution is -2.46. The molecule has 1 aromatic rings. The lowest BCUT2D eigenvalue weighted by Gasteiger charge is -2.47. The van der Waals surface area contributed by atoms with E-state index in [1.54, 1.807) is 11.3 Å². The molecule has 0 radical (unpaired) electrons. The van der Waals surface area contributed by atoms with Crippen molar-refractivity contribution >= 4 is 11.3 Å². The molecule has 1 saturated carbocycles. The zero-order chi connectivity index (χ0) is 15.9. The van der Waals surface area contributed by atoms with Crippen LogP contribution in [0.3, 0.4) is 0 Å². The third-order valence-electron chi connectivity index (χ3n) is 5.51. The summed E-state index contributed by atoms with van der Waals surface area (Å²) in [6.45, 7) is 10.7. The monoisotopic (exact) mass is 305 g/mol. The van der Waals surface area contributed by atoms with Crippen LogP contribution in [0.2, 0.25) is 0 Å². The predicted octanol–water partition coefficient (Wildman–Crippen LogP) is 5.01. The minimum absolute atomic E-state index is 0.284. The van der Waals surface area contributed by atoms with Crippen molar-refractivity contribution in [1.82, 2.24) is 0 Å². The fourth-order valence-electron chi connectivity index (χ4n) is 3.77. The van der Waals surface area contributed by atoms with Gasteiger partial charge in [0.2, 0.25) is 0 Å². The Bertz CT molecular complexity index is 536. The highest BCUT2D eigenvalue weighted by Crippen LogP contribution is 2.54. The maximum Gasteiger partial charge on any atom is 0.115 e. The Morgan fingerprint density at radius 3 is 2.24 bits per heavy atom. The van der Waals surface area contributed by atoms with E-state index in [1.807, 2.05) is 25.3 Å². The summed E-state index contributed by atoms with van der Waals surface area (Å²) in [5.41, 5.74) is -0.322. The van der Waals surface area contributed by atoms with Crippen molar-refractivity contribution in [3.05, 3.63) is 21.9 Å². The fraction of sp³-hybridized carbons (Fsp3) is 0.722. The number of nitrogens with zero attached hydrogens (tertiary/aromatic N) is 1. The van der Waals surface area contributed by atoms with Gasteiger partial charge in [0.15, 0.2) is 0 Å². The molecule has 1 fully saturated rings. The molecule has 0 spiro atoms. The molecule has 1 atom stereocenters. The first kappa shape index (κ1) is 16.5. The van der Waals surface area contributed by atoms with Crippen LogP contribution >= 0.6 is 11.3 Å². The number of thiophene rings is 1. The van der Waals surface area contributed by atoms with Crippen molar-refractivity contribution in [3.8, 4) is 6.07 Å². The van der Waals surface area contributed by atoms with E-state index in [-0.39, 0.29) is 5.41 Å². The Morgan fingerprint density at radius 2 is 1.86 bits per heavy atom. The second-order valence-corrected chi connectivity index (χ2v) is 8.76. The molecule has 0 saturated heterocycles. The fourth-order valence-corrected chi connectivity index (χ4v) is 4.86. The smallest absolute Gasteiger partial charge is 0.115 e. The van der Waals surface area contributed by atoms with Crippen molar-refractivity contribution in [2.24, 2.45) is 16.7 Å². The standard InChI is InChI=1S/C18H27NOS/c1-13-8-11-21-15(13)17(5,20)18(12-19)9-6-14(7-10-18)16(2,3)4/h8,11,14,20H,6-7,9-10H2,1-5H3. The number of aliphatic hydroxyl groups is 1. The lowest BCUT2D eigenvalue weighted by molar-refractivity contribution is -0.0741. The molecule has 0 amide bonds. The van der Waals surface area contributed by atoms with Gasteiger partial charge in [-0.1, -0.05) is 20.8 Å². The third-order valence-corrected chi connectivity index (χ3v) is 6.74. The van der Waals surface area contributed by atoms with Crippen LogP contribution in [-0.4, -0.2) is 5.11 Å². The lowest BCUT2D eigenvalue weighted by atomic mass is 9.58. The van der Waals surface area contributed by atoms with E-state index in [4.69, 9.17) is 0 Å². The van der Waals surface area contributed by atoms with Gasteiger partial charge in [-0.05, 0) is 67.9 Å².